The lowest BCUT2D eigenvalue weighted by molar-refractivity contribution is 0.0697. The maximum atomic E-state index is 11.4. The number of hydrazine groups is 1. The molecule has 6 nitrogen and oxygen atoms in total. The topological polar surface area (TPSA) is 77.5 Å². The minimum atomic E-state index is -0.986. The van der Waals surface area contributed by atoms with Crippen molar-refractivity contribution in [1.82, 2.24) is 10.4 Å². The molecule has 0 saturated heterocycles. The summed E-state index contributed by atoms with van der Waals surface area (Å²) in [5.74, 6) is -0.986. The summed E-state index contributed by atoms with van der Waals surface area (Å²) >= 11 is 6.17. The quantitative estimate of drug-likeness (QED) is 0.734. The molecule has 1 unspecified atom stereocenters. The van der Waals surface area contributed by atoms with E-state index in [9.17, 15) is 9.90 Å². The molecule has 26 heavy (non-hydrogen) atoms. The fourth-order valence-electron chi connectivity index (χ4n) is 3.16. The fourth-order valence-corrected chi connectivity index (χ4v) is 3.34. The summed E-state index contributed by atoms with van der Waals surface area (Å²) in [5.41, 5.74) is 6.21. The van der Waals surface area contributed by atoms with E-state index in [0.29, 0.717) is 16.8 Å². The molecule has 1 fully saturated rings. The van der Waals surface area contributed by atoms with Crippen molar-refractivity contribution >= 4 is 28.9 Å². The number of rotatable bonds is 4. The van der Waals surface area contributed by atoms with E-state index < -0.39 is 5.97 Å². The lowest BCUT2D eigenvalue weighted by Gasteiger charge is -2.36. The van der Waals surface area contributed by atoms with E-state index in [-0.39, 0.29) is 11.7 Å². The molecule has 7 heteroatoms. The van der Waals surface area contributed by atoms with E-state index in [2.05, 4.69) is 20.7 Å². The summed E-state index contributed by atoms with van der Waals surface area (Å²) < 4.78 is 0. The van der Waals surface area contributed by atoms with Gasteiger partial charge in [0.1, 0.15) is 6.17 Å². The highest BCUT2D eigenvalue weighted by molar-refractivity contribution is 6.30. The number of carboxylic acid groups (broad SMARTS) is 1. The fraction of sp³-hybridized carbons (Fsp3) is 0.368. The Labute approximate surface area is 158 Å². The first-order valence-electron chi connectivity index (χ1n) is 8.92. The molecule has 1 aliphatic heterocycles. The normalized spacial score (nSPS) is 18.4. The Morgan fingerprint density at radius 1 is 1.35 bits per heavy atom. The van der Waals surface area contributed by atoms with Gasteiger partial charge in [-0.05, 0) is 43.5 Å². The van der Waals surface area contributed by atoms with Crippen LogP contribution in [0.15, 0.2) is 36.7 Å². The number of fused-ring (bicyclic) bond motifs is 1. The van der Waals surface area contributed by atoms with E-state index >= 15 is 0 Å². The number of pyridine rings is 1. The zero-order valence-corrected chi connectivity index (χ0v) is 15.6. The molecule has 0 bridgehead atoms. The van der Waals surface area contributed by atoms with Gasteiger partial charge in [0.2, 0.25) is 0 Å². The summed E-state index contributed by atoms with van der Waals surface area (Å²) in [6.07, 6.45) is 6.28. The first-order valence-corrected chi connectivity index (χ1v) is 9.30. The number of hydrogen-bond donors (Lipinski definition) is 3. The van der Waals surface area contributed by atoms with Gasteiger partial charge in [0.15, 0.2) is 0 Å². The molecule has 4 rings (SSSR count). The molecule has 1 aromatic carbocycles. The average Bonchev–Trinajstić information content (AvgIpc) is 2.93. The predicted molar refractivity (Wildman–Crippen MR) is 104 cm³/mol. The van der Waals surface area contributed by atoms with Crippen LogP contribution in [0.1, 0.15) is 55.2 Å². The number of nitrogens with one attached hydrogen (secondary N) is 2. The third-order valence-electron chi connectivity index (χ3n) is 4.62. The largest absolute Gasteiger partial charge is 0.478 e. The first kappa shape index (κ1) is 18.5. The Kier molecular flexibility index (Phi) is 5.64. The molecule has 0 spiro atoms. The van der Waals surface area contributed by atoms with Gasteiger partial charge >= 0.3 is 5.97 Å². The summed E-state index contributed by atoms with van der Waals surface area (Å²) in [6, 6.07) is 7.75. The highest BCUT2D eigenvalue weighted by atomic mass is 35.5. The van der Waals surface area contributed by atoms with E-state index in [0.717, 1.165) is 24.1 Å². The number of carbonyl (C=O) groups is 1. The van der Waals surface area contributed by atoms with Crippen molar-refractivity contribution in [3.8, 4) is 0 Å². The highest BCUT2D eigenvalue weighted by Crippen LogP contribution is 2.40. The molecule has 2 aliphatic rings. The number of aromatic nitrogens is 1. The Morgan fingerprint density at radius 3 is 2.77 bits per heavy atom. The van der Waals surface area contributed by atoms with E-state index in [1.165, 1.54) is 24.9 Å². The van der Waals surface area contributed by atoms with Crippen molar-refractivity contribution in [2.24, 2.45) is 0 Å². The Balaban J connectivity index is 0.000000948. The van der Waals surface area contributed by atoms with Crippen LogP contribution in [-0.4, -0.2) is 22.1 Å². The molecule has 2 heterocycles. The van der Waals surface area contributed by atoms with Crippen LogP contribution in [-0.2, 0) is 0 Å². The van der Waals surface area contributed by atoms with Gasteiger partial charge in [0.25, 0.3) is 0 Å². The maximum absolute atomic E-state index is 11.4. The number of anilines is 2. The molecule has 1 aromatic heterocycles. The number of hydrogen-bond acceptors (Lipinski definition) is 5. The molecule has 0 radical (unpaired) electrons. The van der Waals surface area contributed by atoms with Crippen molar-refractivity contribution in [3.05, 3.63) is 52.8 Å². The van der Waals surface area contributed by atoms with Crippen LogP contribution in [0.2, 0.25) is 5.02 Å². The average molecular weight is 375 g/mol. The van der Waals surface area contributed by atoms with Gasteiger partial charge in [-0.2, -0.15) is 0 Å². The van der Waals surface area contributed by atoms with Crippen LogP contribution >= 0.6 is 11.6 Å². The molecule has 1 atom stereocenters. The Hall–Kier alpha value is -2.31. The number of aromatic carboxylic acids is 1. The number of nitrogens with zero attached hydrogens (tertiary/aromatic N) is 2. The van der Waals surface area contributed by atoms with Crippen molar-refractivity contribution in [3.63, 3.8) is 0 Å². The van der Waals surface area contributed by atoms with E-state index in [4.69, 9.17) is 11.6 Å². The first-order chi connectivity index (χ1) is 12.6. The lowest BCUT2D eigenvalue weighted by atomic mass is 9.92. The standard InChI is InChI=1S/C17H17ClN4O2.C2H6/c18-10-4-5-15-13(8-10)16(21-22(15)11-2-1-3-11)20-14-9-19-7-6-12(14)17(23)24;1-2/h4-9,11,16,20-21H,1-3H2,(H,23,24);1-2H3. The molecule has 1 aliphatic carbocycles. The summed E-state index contributed by atoms with van der Waals surface area (Å²) in [4.78, 5) is 15.4. The number of benzene rings is 1. The molecule has 138 valence electrons. The zero-order chi connectivity index (χ0) is 18.7. The summed E-state index contributed by atoms with van der Waals surface area (Å²) in [7, 11) is 0. The smallest absolute Gasteiger partial charge is 0.337 e. The zero-order valence-electron chi connectivity index (χ0n) is 14.9. The second kappa shape index (κ2) is 7.93. The number of carboxylic acids is 1. The van der Waals surface area contributed by atoms with Gasteiger partial charge in [-0.1, -0.05) is 25.4 Å². The molecule has 1 saturated carbocycles. The van der Waals surface area contributed by atoms with Crippen molar-refractivity contribution in [2.45, 2.75) is 45.3 Å². The van der Waals surface area contributed by atoms with Gasteiger partial charge in [-0.25, -0.2) is 10.2 Å². The van der Waals surface area contributed by atoms with Crippen LogP contribution in [0.3, 0.4) is 0 Å². The number of halogens is 1. The van der Waals surface area contributed by atoms with Gasteiger partial charge in [-0.15, -0.1) is 0 Å². The summed E-state index contributed by atoms with van der Waals surface area (Å²) in [5, 5.41) is 15.4. The van der Waals surface area contributed by atoms with Crippen LogP contribution in [0.5, 0.6) is 0 Å². The van der Waals surface area contributed by atoms with Crippen molar-refractivity contribution < 1.29 is 9.90 Å². The van der Waals surface area contributed by atoms with Crippen LogP contribution < -0.4 is 15.8 Å². The highest BCUT2D eigenvalue weighted by Gasteiger charge is 2.35. The molecule has 2 aromatic rings. The van der Waals surface area contributed by atoms with Gasteiger partial charge in [-0.3, -0.25) is 4.98 Å². The van der Waals surface area contributed by atoms with Crippen LogP contribution in [0.4, 0.5) is 11.4 Å². The minimum Gasteiger partial charge on any atom is -0.478 e. The van der Waals surface area contributed by atoms with Gasteiger partial charge in [0.05, 0.1) is 23.1 Å². The SMILES string of the molecule is CC.O=C(O)c1ccncc1NC1NN(C2CCC2)c2ccc(Cl)cc21. The van der Waals surface area contributed by atoms with Crippen LogP contribution in [0, 0.1) is 0 Å². The Morgan fingerprint density at radius 2 is 2.12 bits per heavy atom. The van der Waals surface area contributed by atoms with Crippen molar-refractivity contribution in [2.75, 3.05) is 10.3 Å². The lowest BCUT2D eigenvalue weighted by Crippen LogP contribution is -2.47. The Bertz CT molecular complexity index is 795. The monoisotopic (exact) mass is 374 g/mol. The third kappa shape index (κ3) is 3.48. The van der Waals surface area contributed by atoms with E-state index in [1.807, 2.05) is 32.0 Å². The minimum absolute atomic E-state index is 0.192. The van der Waals surface area contributed by atoms with Crippen molar-refractivity contribution in [1.29, 1.82) is 0 Å². The third-order valence-corrected chi connectivity index (χ3v) is 4.85. The second-order valence-corrected chi connectivity index (χ2v) is 6.53. The molecular weight excluding hydrogens is 352 g/mol. The predicted octanol–water partition coefficient (Wildman–Crippen LogP) is 4.45. The molecule has 0 amide bonds. The molecule has 3 N–H and O–H groups in total. The maximum Gasteiger partial charge on any atom is 0.337 e. The van der Waals surface area contributed by atoms with Crippen LogP contribution in [0.25, 0.3) is 0 Å². The van der Waals surface area contributed by atoms with E-state index in [1.54, 1.807) is 0 Å². The van der Waals surface area contributed by atoms with Gasteiger partial charge in [0, 0.05) is 22.8 Å². The molecular formula is C19H23ClN4O2. The summed E-state index contributed by atoms with van der Waals surface area (Å²) in [6.45, 7) is 4.00. The van der Waals surface area contributed by atoms with Gasteiger partial charge < -0.3 is 15.4 Å². The second-order valence-electron chi connectivity index (χ2n) is 6.09.